The van der Waals surface area contributed by atoms with Gasteiger partial charge in [-0.05, 0) is 64.7 Å². The molecule has 0 aromatic rings. The summed E-state index contributed by atoms with van der Waals surface area (Å²) in [6, 6.07) is -6.16. The van der Waals surface area contributed by atoms with Gasteiger partial charge in [0.2, 0.25) is 41.4 Å². The highest BCUT2D eigenvalue weighted by molar-refractivity contribution is 5.97. The topological polar surface area (TPSA) is 271 Å². The molecule has 0 bridgehead atoms. The predicted molar refractivity (Wildman–Crippen MR) is 198 cm³/mol. The van der Waals surface area contributed by atoms with E-state index < -0.39 is 77.8 Å². The maximum Gasteiger partial charge on any atom is 0.245 e. The zero-order valence-corrected chi connectivity index (χ0v) is 32.1. The van der Waals surface area contributed by atoms with Crippen LogP contribution in [0.1, 0.15) is 99.3 Å². The number of hydrogen-bond acceptors (Lipinski definition) is 9. The molecule has 2 aliphatic heterocycles. The second-order valence-corrected chi connectivity index (χ2v) is 13.9. The van der Waals surface area contributed by atoms with Crippen LogP contribution in [0.15, 0.2) is 4.99 Å². The fourth-order valence-electron chi connectivity index (χ4n) is 6.66. The Morgan fingerprint density at radius 2 is 1.36 bits per heavy atom. The number of amides is 7. The molecule has 1 unspecified atom stereocenters. The summed E-state index contributed by atoms with van der Waals surface area (Å²) in [7, 11) is 0. The first kappa shape index (κ1) is 44.7. The van der Waals surface area contributed by atoms with E-state index in [0.29, 0.717) is 64.6 Å². The van der Waals surface area contributed by atoms with Gasteiger partial charge in [-0.2, -0.15) is 0 Å². The van der Waals surface area contributed by atoms with Crippen LogP contribution in [0.3, 0.4) is 0 Å². The van der Waals surface area contributed by atoms with Crippen molar-refractivity contribution >= 4 is 47.3 Å². The number of aliphatic imine (C=N–C) groups is 1. The highest BCUT2D eigenvalue weighted by Gasteiger charge is 2.40. The van der Waals surface area contributed by atoms with Gasteiger partial charge >= 0.3 is 0 Å². The summed E-state index contributed by atoms with van der Waals surface area (Å²) >= 11 is 0. The van der Waals surface area contributed by atoms with Crippen LogP contribution in [0.25, 0.3) is 0 Å². The molecule has 2 fully saturated rings. The zero-order chi connectivity index (χ0) is 39.8. The minimum atomic E-state index is -1.42. The minimum Gasteiger partial charge on any atom is -0.391 e. The van der Waals surface area contributed by atoms with Crippen LogP contribution in [0, 0.1) is 5.92 Å². The summed E-state index contributed by atoms with van der Waals surface area (Å²) < 4.78 is 0. The third-order valence-corrected chi connectivity index (χ3v) is 9.78. The number of likely N-dealkylation sites (N-methyl/N-ethyl adjacent to an activating group) is 1. The monoisotopic (exact) mass is 750 g/mol. The molecular formula is C35H62N10O8. The first-order valence-corrected chi connectivity index (χ1v) is 18.9. The van der Waals surface area contributed by atoms with Crippen molar-refractivity contribution in [3.8, 4) is 0 Å². The molecule has 18 heteroatoms. The Morgan fingerprint density at radius 1 is 0.774 bits per heavy atom. The van der Waals surface area contributed by atoms with Crippen LogP contribution in [0.2, 0.25) is 0 Å². The molecule has 0 aliphatic carbocycles. The molecule has 0 aromatic heterocycles. The van der Waals surface area contributed by atoms with E-state index in [0.717, 1.165) is 0 Å². The average Bonchev–Trinajstić information content (AvgIpc) is 3.81. The lowest BCUT2D eigenvalue weighted by Gasteiger charge is -2.31. The Bertz CT molecular complexity index is 1320. The number of aliphatic hydroxyl groups is 1. The lowest BCUT2D eigenvalue weighted by molar-refractivity contribution is -0.142. The van der Waals surface area contributed by atoms with Gasteiger partial charge in [0, 0.05) is 33.1 Å². The van der Waals surface area contributed by atoms with Gasteiger partial charge in [-0.3, -0.25) is 38.6 Å². The van der Waals surface area contributed by atoms with Crippen LogP contribution in [0.5, 0.6) is 0 Å². The third kappa shape index (κ3) is 13.2. The zero-order valence-electron chi connectivity index (χ0n) is 32.1. The molecule has 0 aromatic carbocycles. The third-order valence-electron chi connectivity index (χ3n) is 9.78. The first-order chi connectivity index (χ1) is 25.1. The largest absolute Gasteiger partial charge is 0.391 e. The maximum atomic E-state index is 14.0. The molecule has 8 atom stereocenters. The normalized spacial score (nSPS) is 20.2. The van der Waals surface area contributed by atoms with E-state index in [9.17, 15) is 38.7 Å². The molecule has 2 heterocycles. The van der Waals surface area contributed by atoms with Crippen molar-refractivity contribution in [1.82, 2.24) is 36.4 Å². The van der Waals surface area contributed by atoms with Crippen molar-refractivity contribution in [2.24, 2.45) is 22.4 Å². The molecular weight excluding hydrogens is 688 g/mol. The van der Waals surface area contributed by atoms with E-state index in [1.807, 2.05) is 6.92 Å². The smallest absolute Gasteiger partial charge is 0.245 e. The lowest BCUT2D eigenvalue weighted by Crippen LogP contribution is -2.61. The summed E-state index contributed by atoms with van der Waals surface area (Å²) in [4.78, 5) is 99.8. The second-order valence-electron chi connectivity index (χ2n) is 13.9. The Balaban J connectivity index is 2.26. The van der Waals surface area contributed by atoms with Crippen molar-refractivity contribution in [2.45, 2.75) is 142 Å². The number of aliphatic hydroxyl groups excluding tert-OH is 1. The predicted octanol–water partition coefficient (Wildman–Crippen LogP) is -1.66. The summed E-state index contributed by atoms with van der Waals surface area (Å²) in [5, 5.41) is 24.0. The van der Waals surface area contributed by atoms with Crippen molar-refractivity contribution in [3.63, 3.8) is 0 Å². The number of nitrogens with two attached hydrogens (primary N) is 2. The van der Waals surface area contributed by atoms with E-state index in [1.165, 1.54) is 23.6 Å². The Kier molecular flexibility index (Phi) is 18.5. The van der Waals surface area contributed by atoms with Crippen LogP contribution < -0.4 is 38.1 Å². The highest BCUT2D eigenvalue weighted by Crippen LogP contribution is 2.21. The fraction of sp³-hybridized carbons (Fsp3) is 0.771. The van der Waals surface area contributed by atoms with Crippen molar-refractivity contribution in [3.05, 3.63) is 0 Å². The second kappa shape index (κ2) is 21.9. The van der Waals surface area contributed by atoms with E-state index in [-0.39, 0.29) is 37.2 Å². The van der Waals surface area contributed by atoms with Crippen molar-refractivity contribution in [1.29, 1.82) is 0 Å². The van der Waals surface area contributed by atoms with Crippen LogP contribution in [0.4, 0.5) is 0 Å². The van der Waals surface area contributed by atoms with Crippen molar-refractivity contribution in [2.75, 3.05) is 26.2 Å². The van der Waals surface area contributed by atoms with Gasteiger partial charge in [0.05, 0.1) is 6.10 Å². The van der Waals surface area contributed by atoms with E-state index in [2.05, 4.69) is 31.6 Å². The first-order valence-electron chi connectivity index (χ1n) is 18.9. The Hall–Kier alpha value is -4.48. The standard InChI is InChI=1S/C35H62N10O8/c1-7-13-23(40-33(52)28(21(5)46)43-31(50)26-16-11-18-44(26)22(6)47)29(48)42-27(20(4)8-2)32(51)41-24(14-10-17-39-35(36)37)34(53)45-19-12-15-25(45)30(49)38-9-3/h20-21,23-28,46H,7-19H2,1-6H3,(H,38,49)(H,40,52)(H,41,51)(H,42,48)(H,43,50)(H4,36,37,39)/t20-,21+,23-,24-,25-,26?,27-,28-/m0/s1. The quantitative estimate of drug-likeness (QED) is 0.0399. The number of guanidine groups is 1. The summed E-state index contributed by atoms with van der Waals surface area (Å²) in [6.07, 6.45) is 2.43. The fourth-order valence-corrected chi connectivity index (χ4v) is 6.66. The number of nitrogens with zero attached hydrogens (tertiary/aromatic N) is 3. The molecule has 2 saturated heterocycles. The molecule has 7 amide bonds. The van der Waals surface area contributed by atoms with Crippen LogP contribution in [-0.2, 0) is 33.6 Å². The number of nitrogens with one attached hydrogen (secondary N) is 5. The summed E-state index contributed by atoms with van der Waals surface area (Å²) in [5.74, 6) is -4.17. The van der Waals surface area contributed by atoms with Crippen LogP contribution in [-0.4, -0.2) is 131 Å². The van der Waals surface area contributed by atoms with E-state index in [1.54, 1.807) is 20.8 Å². The average molecular weight is 751 g/mol. The molecule has 2 rings (SSSR count). The molecule has 10 N–H and O–H groups in total. The van der Waals surface area contributed by atoms with Gasteiger partial charge in [-0.25, -0.2) is 0 Å². The molecule has 18 nitrogen and oxygen atoms in total. The number of carbonyl (C=O) groups is 7. The number of rotatable bonds is 20. The maximum absolute atomic E-state index is 14.0. The Labute approximate surface area is 312 Å². The van der Waals surface area contributed by atoms with Crippen molar-refractivity contribution < 1.29 is 38.7 Å². The Morgan fingerprint density at radius 3 is 1.91 bits per heavy atom. The molecule has 53 heavy (non-hydrogen) atoms. The number of carbonyl (C=O) groups excluding carboxylic acids is 7. The van der Waals surface area contributed by atoms with Gasteiger partial charge in [0.15, 0.2) is 5.96 Å². The van der Waals surface area contributed by atoms with E-state index in [4.69, 9.17) is 11.5 Å². The molecule has 300 valence electrons. The van der Waals surface area contributed by atoms with Gasteiger partial charge in [0.1, 0.15) is 36.3 Å². The number of hydrogen-bond donors (Lipinski definition) is 8. The minimum absolute atomic E-state index is 0.114. The molecule has 0 radical (unpaired) electrons. The van der Waals surface area contributed by atoms with Crippen LogP contribution >= 0.6 is 0 Å². The summed E-state index contributed by atoms with van der Waals surface area (Å²) in [5.41, 5.74) is 10.9. The van der Waals surface area contributed by atoms with Gasteiger partial charge in [-0.15, -0.1) is 0 Å². The molecule has 0 saturated carbocycles. The molecule has 2 aliphatic rings. The molecule has 0 spiro atoms. The van der Waals surface area contributed by atoms with Gasteiger partial charge < -0.3 is 53.0 Å². The lowest BCUT2D eigenvalue weighted by atomic mass is 9.96. The van der Waals surface area contributed by atoms with Gasteiger partial charge in [-0.1, -0.05) is 33.6 Å². The number of likely N-dealkylation sites (tertiary alicyclic amines) is 2. The SMILES string of the molecule is CCC[C@H](NC(=O)[C@@H](NC(=O)C1CCCN1C(C)=O)[C@@H](C)O)C(=O)N[C@H](C(=O)N[C@@H](CCCN=C(N)N)C(=O)N1CCC[C@H]1C(=O)NCC)[C@@H](C)CC. The van der Waals surface area contributed by atoms with Gasteiger partial charge in [0.25, 0.3) is 0 Å². The van der Waals surface area contributed by atoms with E-state index >= 15 is 0 Å². The highest BCUT2D eigenvalue weighted by atomic mass is 16.3. The summed E-state index contributed by atoms with van der Waals surface area (Å²) in [6.45, 7) is 11.2.